The molecule has 0 saturated carbocycles. The Kier molecular flexibility index (Phi) is 18.3. The van der Waals surface area contributed by atoms with Gasteiger partial charge in [0, 0.05) is 0 Å². The third-order valence-corrected chi connectivity index (χ3v) is 4.75. The van der Waals surface area contributed by atoms with Crippen LogP contribution in [-0.4, -0.2) is 92.5 Å². The highest BCUT2D eigenvalue weighted by atomic mass is 16.6. The summed E-state index contributed by atoms with van der Waals surface area (Å²) >= 11 is 0. The zero-order chi connectivity index (χ0) is 25.4. The maximum atomic E-state index is 5.81. The Bertz CT molecular complexity index is 750. The Balaban J connectivity index is 1.20. The van der Waals surface area contributed by atoms with E-state index in [1.807, 2.05) is 48.5 Å². The zero-order valence-electron chi connectivity index (χ0n) is 21.1. The number of ether oxygens (including phenoxy) is 8. The van der Waals surface area contributed by atoms with Crippen molar-refractivity contribution >= 4 is 5.69 Å². The van der Waals surface area contributed by atoms with Crippen LogP contribution in [-0.2, 0) is 39.8 Å². The van der Waals surface area contributed by atoms with Crippen LogP contribution in [0.5, 0.6) is 5.75 Å². The summed E-state index contributed by atoms with van der Waals surface area (Å²) < 4.78 is 43.9. The molecule has 0 heterocycles. The molecule has 0 aliphatic rings. The molecule has 2 aromatic rings. The number of hydrogen-bond acceptors (Lipinski definition) is 9. The second kappa shape index (κ2) is 22.0. The van der Waals surface area contributed by atoms with E-state index >= 15 is 0 Å². The molecular formula is C27H41NO8. The van der Waals surface area contributed by atoms with Gasteiger partial charge in [-0.1, -0.05) is 42.5 Å². The van der Waals surface area contributed by atoms with Gasteiger partial charge in [-0.25, -0.2) is 0 Å². The highest BCUT2D eigenvalue weighted by molar-refractivity contribution is 5.51. The van der Waals surface area contributed by atoms with Crippen LogP contribution < -0.4 is 10.5 Å². The molecule has 0 aliphatic heterocycles. The third-order valence-electron chi connectivity index (χ3n) is 4.75. The predicted octanol–water partition coefficient (Wildman–Crippen LogP) is 2.96. The first-order chi connectivity index (χ1) is 17.9. The summed E-state index contributed by atoms with van der Waals surface area (Å²) in [6.45, 7) is 7.87. The Hall–Kier alpha value is -2.24. The van der Waals surface area contributed by atoms with Crippen molar-refractivity contribution in [3.05, 3.63) is 60.2 Å². The number of nitrogens with two attached hydrogens (primary N) is 1. The average molecular weight is 508 g/mol. The van der Waals surface area contributed by atoms with Gasteiger partial charge in [0.05, 0.1) is 98.2 Å². The molecule has 9 nitrogen and oxygen atoms in total. The first kappa shape index (κ1) is 30.0. The number of hydrogen-bond donors (Lipinski definition) is 1. The zero-order valence-corrected chi connectivity index (χ0v) is 21.1. The smallest absolute Gasteiger partial charge is 0.142 e. The van der Waals surface area contributed by atoms with Gasteiger partial charge < -0.3 is 43.6 Å². The molecule has 0 unspecified atom stereocenters. The van der Waals surface area contributed by atoms with Crippen molar-refractivity contribution in [3.8, 4) is 5.75 Å². The van der Waals surface area contributed by atoms with Gasteiger partial charge in [0.15, 0.2) is 0 Å². The van der Waals surface area contributed by atoms with Gasteiger partial charge in [-0.05, 0) is 17.7 Å². The number of benzene rings is 2. The summed E-state index contributed by atoms with van der Waals surface area (Å²) in [7, 11) is 0. The molecule has 0 aliphatic carbocycles. The summed E-state index contributed by atoms with van der Waals surface area (Å²) in [5.74, 6) is 0.674. The molecule has 2 aromatic carbocycles. The minimum Gasteiger partial charge on any atom is -0.489 e. The Morgan fingerprint density at radius 3 is 1.28 bits per heavy atom. The molecule has 0 bridgehead atoms. The van der Waals surface area contributed by atoms with Crippen LogP contribution in [0.2, 0.25) is 0 Å². The van der Waals surface area contributed by atoms with E-state index in [2.05, 4.69) is 0 Å². The van der Waals surface area contributed by atoms with E-state index < -0.39 is 0 Å². The lowest BCUT2D eigenvalue weighted by Gasteiger charge is -2.09. The molecule has 0 radical (unpaired) electrons. The van der Waals surface area contributed by atoms with Crippen molar-refractivity contribution in [1.82, 2.24) is 0 Å². The van der Waals surface area contributed by atoms with Crippen LogP contribution >= 0.6 is 0 Å². The monoisotopic (exact) mass is 507 g/mol. The number of rotatable bonds is 24. The Morgan fingerprint density at radius 2 is 0.806 bits per heavy atom. The molecule has 202 valence electrons. The topological polar surface area (TPSA) is 99.9 Å². The van der Waals surface area contributed by atoms with Crippen molar-refractivity contribution < 1.29 is 37.9 Å². The minimum atomic E-state index is 0.446. The SMILES string of the molecule is Nc1ccccc1OCCOCCOCCOCCOCCOCCOCCOCc1ccccc1. The maximum Gasteiger partial charge on any atom is 0.142 e. The van der Waals surface area contributed by atoms with E-state index in [-0.39, 0.29) is 0 Å². The van der Waals surface area contributed by atoms with Gasteiger partial charge in [-0.3, -0.25) is 0 Å². The third kappa shape index (κ3) is 16.4. The fourth-order valence-electron chi connectivity index (χ4n) is 2.91. The number of para-hydroxylation sites is 2. The van der Waals surface area contributed by atoms with Crippen LogP contribution in [0, 0.1) is 0 Å². The van der Waals surface area contributed by atoms with Gasteiger partial charge in [-0.15, -0.1) is 0 Å². The molecule has 0 fully saturated rings. The number of anilines is 1. The summed E-state index contributed by atoms with van der Waals surface area (Å²) in [5.41, 5.74) is 7.59. The van der Waals surface area contributed by atoms with Crippen molar-refractivity contribution in [2.45, 2.75) is 6.61 Å². The standard InChI is InChI=1S/C27H41NO8/c28-26-8-4-5-9-27(26)36-23-22-34-19-18-32-15-14-30-11-10-29-12-13-31-16-17-33-20-21-35-24-25-6-2-1-3-7-25/h1-9H,10-24,28H2. The first-order valence-corrected chi connectivity index (χ1v) is 12.4. The van der Waals surface area contributed by atoms with E-state index in [1.165, 1.54) is 0 Å². The normalized spacial score (nSPS) is 11.1. The van der Waals surface area contributed by atoms with E-state index in [4.69, 9.17) is 43.6 Å². The molecule has 0 spiro atoms. The van der Waals surface area contributed by atoms with Crippen LogP contribution in [0.1, 0.15) is 5.56 Å². The van der Waals surface area contributed by atoms with Crippen molar-refractivity contribution in [2.75, 3.05) is 98.2 Å². The van der Waals surface area contributed by atoms with E-state index in [0.717, 1.165) is 5.56 Å². The van der Waals surface area contributed by atoms with E-state index in [1.54, 1.807) is 6.07 Å². The minimum absolute atomic E-state index is 0.446. The van der Waals surface area contributed by atoms with Crippen molar-refractivity contribution in [1.29, 1.82) is 0 Å². The van der Waals surface area contributed by atoms with Crippen LogP contribution in [0.15, 0.2) is 54.6 Å². The summed E-state index contributed by atoms with van der Waals surface area (Å²) in [6, 6.07) is 17.5. The molecule has 0 amide bonds. The molecule has 2 N–H and O–H groups in total. The van der Waals surface area contributed by atoms with Gasteiger partial charge in [0.25, 0.3) is 0 Å². The molecule has 0 atom stereocenters. The summed E-state index contributed by atoms with van der Waals surface area (Å²) in [4.78, 5) is 0. The van der Waals surface area contributed by atoms with Crippen LogP contribution in [0.4, 0.5) is 5.69 Å². The highest BCUT2D eigenvalue weighted by Gasteiger charge is 1.98. The fourth-order valence-corrected chi connectivity index (χ4v) is 2.91. The maximum absolute atomic E-state index is 5.81. The lowest BCUT2D eigenvalue weighted by molar-refractivity contribution is -0.0218. The molecule has 36 heavy (non-hydrogen) atoms. The van der Waals surface area contributed by atoms with Crippen LogP contribution in [0.3, 0.4) is 0 Å². The molecule has 9 heteroatoms. The fraction of sp³-hybridized carbons (Fsp3) is 0.556. The molecular weight excluding hydrogens is 466 g/mol. The van der Waals surface area contributed by atoms with E-state index in [0.29, 0.717) is 111 Å². The average Bonchev–Trinajstić information content (AvgIpc) is 2.90. The lowest BCUT2D eigenvalue weighted by atomic mass is 10.2. The van der Waals surface area contributed by atoms with Gasteiger partial charge in [0.1, 0.15) is 12.4 Å². The van der Waals surface area contributed by atoms with Crippen molar-refractivity contribution in [3.63, 3.8) is 0 Å². The van der Waals surface area contributed by atoms with Gasteiger partial charge >= 0.3 is 0 Å². The number of nitrogen functional groups attached to an aromatic ring is 1. The summed E-state index contributed by atoms with van der Waals surface area (Å²) in [5, 5.41) is 0. The van der Waals surface area contributed by atoms with Crippen molar-refractivity contribution in [2.24, 2.45) is 0 Å². The quantitative estimate of drug-likeness (QED) is 0.170. The molecule has 2 rings (SSSR count). The molecule has 0 aromatic heterocycles. The second-order valence-electron chi connectivity index (χ2n) is 7.60. The Labute approximate surface area is 214 Å². The highest BCUT2D eigenvalue weighted by Crippen LogP contribution is 2.19. The van der Waals surface area contributed by atoms with Crippen LogP contribution in [0.25, 0.3) is 0 Å². The Morgan fingerprint density at radius 1 is 0.417 bits per heavy atom. The first-order valence-electron chi connectivity index (χ1n) is 12.4. The predicted molar refractivity (Wildman–Crippen MR) is 137 cm³/mol. The second-order valence-corrected chi connectivity index (χ2v) is 7.60. The van der Waals surface area contributed by atoms with Gasteiger partial charge in [0.2, 0.25) is 0 Å². The van der Waals surface area contributed by atoms with Gasteiger partial charge in [-0.2, -0.15) is 0 Å². The summed E-state index contributed by atoms with van der Waals surface area (Å²) in [6.07, 6.45) is 0. The lowest BCUT2D eigenvalue weighted by Crippen LogP contribution is -2.15. The van der Waals surface area contributed by atoms with E-state index in [9.17, 15) is 0 Å². The largest absolute Gasteiger partial charge is 0.489 e. The molecule has 0 saturated heterocycles.